The molecule has 7 heteroatoms. The molecule has 0 aliphatic heterocycles. The Morgan fingerprint density at radius 2 is 2.11 bits per heavy atom. The average molecular weight is 378 g/mol. The molecule has 0 radical (unpaired) electrons. The van der Waals surface area contributed by atoms with Crippen LogP contribution in [0, 0.1) is 0 Å². The molecule has 146 valence electrons. The van der Waals surface area contributed by atoms with Crippen LogP contribution in [-0.2, 0) is 12.0 Å². The summed E-state index contributed by atoms with van der Waals surface area (Å²) >= 11 is 0. The monoisotopic (exact) mass is 378 g/mol. The minimum absolute atomic E-state index is 0.00489. The van der Waals surface area contributed by atoms with Crippen LogP contribution in [0.5, 0.6) is 0 Å². The molecule has 3 aromatic rings. The minimum Gasteiger partial charge on any atom is -0.341 e. The predicted octanol–water partition coefficient (Wildman–Crippen LogP) is 2.65. The van der Waals surface area contributed by atoms with E-state index in [0.29, 0.717) is 12.1 Å². The van der Waals surface area contributed by atoms with Crippen LogP contribution in [0.2, 0.25) is 0 Å². The number of fused-ring (bicyclic) bond motifs is 1. The minimum atomic E-state index is -0.179. The van der Waals surface area contributed by atoms with Crippen molar-refractivity contribution in [1.82, 2.24) is 19.9 Å². The van der Waals surface area contributed by atoms with E-state index in [-0.39, 0.29) is 11.3 Å². The highest BCUT2D eigenvalue weighted by molar-refractivity contribution is 6.04. The molecule has 1 aliphatic carbocycles. The predicted molar refractivity (Wildman–Crippen MR) is 110 cm³/mol. The van der Waals surface area contributed by atoms with E-state index >= 15 is 0 Å². The van der Waals surface area contributed by atoms with E-state index in [1.807, 2.05) is 44.4 Å². The van der Waals surface area contributed by atoms with Crippen molar-refractivity contribution in [2.45, 2.75) is 31.2 Å². The zero-order valence-corrected chi connectivity index (χ0v) is 16.3. The van der Waals surface area contributed by atoms with Gasteiger partial charge in [0.15, 0.2) is 0 Å². The smallest absolute Gasteiger partial charge is 0.257 e. The summed E-state index contributed by atoms with van der Waals surface area (Å²) in [7, 11) is 4.00. The molecule has 0 spiro atoms. The van der Waals surface area contributed by atoms with Crippen LogP contribution in [-0.4, -0.2) is 46.4 Å². The van der Waals surface area contributed by atoms with Crippen molar-refractivity contribution < 1.29 is 4.79 Å². The molecule has 4 rings (SSSR count). The van der Waals surface area contributed by atoms with Crippen molar-refractivity contribution in [2.24, 2.45) is 5.73 Å². The summed E-state index contributed by atoms with van der Waals surface area (Å²) in [5.74, 6) is 0.718. The molecule has 1 amide bonds. The first-order chi connectivity index (χ1) is 13.5. The second kappa shape index (κ2) is 7.33. The molecule has 0 saturated heterocycles. The Bertz CT molecular complexity index is 982. The third-order valence-electron chi connectivity index (χ3n) is 5.53. The standard InChI is InChI=1S/C21H26N6O/c1-27(2)12-19-25-16-6-5-15(10-17(16)26-19)24-20(28)14-4-7-18(23-11-14)21(13-22)8-3-9-21/h4-7,10-11H,3,8-9,12-13,22H2,1-2H3,(H,24,28)(H,25,26). The van der Waals surface area contributed by atoms with Crippen LogP contribution in [0.15, 0.2) is 36.5 Å². The van der Waals surface area contributed by atoms with Gasteiger partial charge in [-0.3, -0.25) is 9.78 Å². The molecule has 2 heterocycles. The number of anilines is 1. The van der Waals surface area contributed by atoms with Crippen LogP contribution in [0.4, 0.5) is 5.69 Å². The van der Waals surface area contributed by atoms with Crippen LogP contribution < -0.4 is 11.1 Å². The quantitative estimate of drug-likeness (QED) is 0.612. The number of amides is 1. The number of nitrogens with two attached hydrogens (primary N) is 1. The third-order valence-corrected chi connectivity index (χ3v) is 5.53. The summed E-state index contributed by atoms with van der Waals surface area (Å²) in [4.78, 5) is 27.0. The molecule has 4 N–H and O–H groups in total. The maximum absolute atomic E-state index is 12.6. The highest BCUT2D eigenvalue weighted by atomic mass is 16.1. The first kappa shape index (κ1) is 18.6. The van der Waals surface area contributed by atoms with Crippen molar-refractivity contribution >= 4 is 22.6 Å². The Morgan fingerprint density at radius 1 is 1.29 bits per heavy atom. The largest absolute Gasteiger partial charge is 0.341 e. The fraction of sp³-hybridized carbons (Fsp3) is 0.381. The summed E-state index contributed by atoms with van der Waals surface area (Å²) < 4.78 is 0. The van der Waals surface area contributed by atoms with E-state index in [0.717, 1.165) is 47.6 Å². The average Bonchev–Trinajstić information content (AvgIpc) is 3.02. The molecule has 28 heavy (non-hydrogen) atoms. The summed E-state index contributed by atoms with van der Waals surface area (Å²) in [5, 5.41) is 2.94. The molecule has 2 aromatic heterocycles. The number of benzene rings is 1. The lowest BCUT2D eigenvalue weighted by Gasteiger charge is -2.40. The molecular weight excluding hydrogens is 352 g/mol. The van der Waals surface area contributed by atoms with Gasteiger partial charge in [0.25, 0.3) is 5.91 Å². The normalized spacial score (nSPS) is 15.6. The van der Waals surface area contributed by atoms with Gasteiger partial charge in [0.1, 0.15) is 5.82 Å². The number of imidazole rings is 1. The summed E-state index contributed by atoms with van der Waals surface area (Å²) in [6, 6.07) is 9.44. The van der Waals surface area contributed by atoms with Gasteiger partial charge in [-0.25, -0.2) is 4.98 Å². The number of hydrogen-bond acceptors (Lipinski definition) is 5. The van der Waals surface area contributed by atoms with Gasteiger partial charge in [-0.15, -0.1) is 0 Å². The lowest BCUT2D eigenvalue weighted by atomic mass is 9.66. The van der Waals surface area contributed by atoms with Crippen molar-refractivity contribution in [2.75, 3.05) is 26.0 Å². The van der Waals surface area contributed by atoms with Gasteiger partial charge in [-0.05, 0) is 57.3 Å². The number of carbonyl (C=O) groups excluding carboxylic acids is 1. The molecular formula is C21H26N6O. The highest BCUT2D eigenvalue weighted by Crippen LogP contribution is 2.41. The number of hydrogen-bond donors (Lipinski definition) is 3. The summed E-state index contributed by atoms with van der Waals surface area (Å²) in [5.41, 5.74) is 9.98. The second-order valence-electron chi connectivity index (χ2n) is 7.88. The Hall–Kier alpha value is -2.77. The fourth-order valence-corrected chi connectivity index (χ4v) is 3.73. The van der Waals surface area contributed by atoms with Crippen molar-refractivity contribution in [3.8, 4) is 0 Å². The Morgan fingerprint density at radius 3 is 2.71 bits per heavy atom. The topological polar surface area (TPSA) is 99.9 Å². The molecule has 0 atom stereocenters. The molecule has 7 nitrogen and oxygen atoms in total. The molecule has 1 aliphatic rings. The summed E-state index contributed by atoms with van der Waals surface area (Å²) in [6.07, 6.45) is 4.97. The van der Waals surface area contributed by atoms with Gasteiger partial charge in [0.2, 0.25) is 0 Å². The van der Waals surface area contributed by atoms with E-state index in [1.165, 1.54) is 6.42 Å². The van der Waals surface area contributed by atoms with E-state index < -0.39 is 0 Å². The number of pyridine rings is 1. The SMILES string of the molecule is CN(C)Cc1nc2ccc(NC(=O)c3ccc(C4(CN)CCC4)nc3)cc2[nH]1. The van der Waals surface area contributed by atoms with Crippen LogP contribution in [0.25, 0.3) is 11.0 Å². The molecule has 1 fully saturated rings. The maximum Gasteiger partial charge on any atom is 0.257 e. The molecule has 0 unspecified atom stereocenters. The van der Waals surface area contributed by atoms with Gasteiger partial charge in [-0.1, -0.05) is 6.42 Å². The number of rotatable bonds is 6. The lowest BCUT2D eigenvalue weighted by Crippen LogP contribution is -2.42. The first-order valence-electron chi connectivity index (χ1n) is 9.60. The van der Waals surface area contributed by atoms with Gasteiger partial charge in [-0.2, -0.15) is 0 Å². The van der Waals surface area contributed by atoms with Crippen LogP contribution >= 0.6 is 0 Å². The van der Waals surface area contributed by atoms with Crippen molar-refractivity contribution in [3.63, 3.8) is 0 Å². The van der Waals surface area contributed by atoms with Crippen LogP contribution in [0.1, 0.15) is 41.1 Å². The maximum atomic E-state index is 12.6. The van der Waals surface area contributed by atoms with Gasteiger partial charge < -0.3 is 20.9 Å². The van der Waals surface area contributed by atoms with Crippen molar-refractivity contribution in [1.29, 1.82) is 0 Å². The second-order valence-corrected chi connectivity index (χ2v) is 7.88. The Kier molecular flexibility index (Phi) is 4.87. The first-order valence-corrected chi connectivity index (χ1v) is 9.60. The number of aromatic amines is 1. The summed E-state index contributed by atoms with van der Waals surface area (Å²) in [6.45, 7) is 1.34. The van der Waals surface area contributed by atoms with E-state index in [2.05, 4.69) is 25.2 Å². The highest BCUT2D eigenvalue weighted by Gasteiger charge is 2.38. The number of carbonyl (C=O) groups is 1. The molecule has 1 saturated carbocycles. The zero-order valence-electron chi connectivity index (χ0n) is 16.3. The van der Waals surface area contributed by atoms with Crippen molar-refractivity contribution in [3.05, 3.63) is 53.6 Å². The van der Waals surface area contributed by atoms with E-state index in [4.69, 9.17) is 5.73 Å². The fourth-order valence-electron chi connectivity index (χ4n) is 3.73. The van der Waals surface area contributed by atoms with E-state index in [1.54, 1.807) is 6.20 Å². The molecule has 0 bridgehead atoms. The van der Waals surface area contributed by atoms with Gasteiger partial charge in [0.05, 0.1) is 23.1 Å². The lowest BCUT2D eigenvalue weighted by molar-refractivity contribution is 0.102. The third kappa shape index (κ3) is 3.50. The number of nitrogens with one attached hydrogen (secondary N) is 2. The van der Waals surface area contributed by atoms with Gasteiger partial charge >= 0.3 is 0 Å². The number of H-pyrrole nitrogens is 1. The number of nitrogens with zero attached hydrogens (tertiary/aromatic N) is 3. The zero-order chi connectivity index (χ0) is 19.7. The van der Waals surface area contributed by atoms with Gasteiger partial charge in [0, 0.05) is 29.5 Å². The van der Waals surface area contributed by atoms with E-state index in [9.17, 15) is 4.79 Å². The Balaban J connectivity index is 1.48. The molecule has 1 aromatic carbocycles. The van der Waals surface area contributed by atoms with Crippen LogP contribution in [0.3, 0.4) is 0 Å². The number of aromatic nitrogens is 3. The Labute approximate surface area is 164 Å².